The monoisotopic (exact) mass is 332 g/mol. The Hall–Kier alpha value is -1.00. The summed E-state index contributed by atoms with van der Waals surface area (Å²) in [7, 11) is 0. The molecule has 0 aliphatic heterocycles. The molecule has 2 saturated carbocycles. The van der Waals surface area contributed by atoms with Crippen LogP contribution in [0.2, 0.25) is 0 Å². The summed E-state index contributed by atoms with van der Waals surface area (Å²) in [6.45, 7) is 2.74. The molecule has 2 atom stereocenters. The molecule has 3 rings (SSSR count). The van der Waals surface area contributed by atoms with Crippen molar-refractivity contribution in [2.24, 2.45) is 23.5 Å². The zero-order valence-corrected chi connectivity index (χ0v) is 15.0. The van der Waals surface area contributed by atoms with Crippen LogP contribution in [-0.4, -0.2) is 18.2 Å². The largest absolute Gasteiger partial charge is 0.352 e. The van der Waals surface area contributed by atoms with Gasteiger partial charge in [0.05, 0.1) is 0 Å². The molecule has 4 heteroatoms. The summed E-state index contributed by atoms with van der Waals surface area (Å²) in [6.07, 6.45) is 7.74. The number of nitrogens with one attached hydrogen (secondary N) is 1. The van der Waals surface area contributed by atoms with E-state index in [0.29, 0.717) is 24.4 Å². The second kappa shape index (κ2) is 7.27. The fourth-order valence-electron chi connectivity index (χ4n) is 4.33. The van der Waals surface area contributed by atoms with Gasteiger partial charge >= 0.3 is 0 Å². The smallest absolute Gasteiger partial charge is 0.223 e. The zero-order valence-electron chi connectivity index (χ0n) is 14.2. The van der Waals surface area contributed by atoms with Crippen LogP contribution >= 0.6 is 11.8 Å². The van der Waals surface area contributed by atoms with Crippen molar-refractivity contribution >= 4 is 17.7 Å². The van der Waals surface area contributed by atoms with Crippen LogP contribution in [0.1, 0.15) is 43.2 Å². The molecule has 3 N–H and O–H groups in total. The summed E-state index contributed by atoms with van der Waals surface area (Å²) in [6, 6.07) is 6.77. The normalized spacial score (nSPS) is 30.0. The number of amides is 1. The topological polar surface area (TPSA) is 55.1 Å². The van der Waals surface area contributed by atoms with Gasteiger partial charge in [-0.25, -0.2) is 0 Å². The molecule has 126 valence electrons. The maximum absolute atomic E-state index is 12.6. The molecule has 0 heterocycles. The quantitative estimate of drug-likeness (QED) is 0.830. The first-order chi connectivity index (χ1) is 11.1. The number of aryl methyl sites for hydroxylation is 1. The van der Waals surface area contributed by atoms with Gasteiger partial charge in [-0.1, -0.05) is 18.6 Å². The second-order valence-corrected chi connectivity index (χ2v) is 8.08. The van der Waals surface area contributed by atoms with E-state index in [4.69, 9.17) is 5.73 Å². The summed E-state index contributed by atoms with van der Waals surface area (Å²) < 4.78 is 0. The molecular formula is C19H28N2OS. The van der Waals surface area contributed by atoms with Gasteiger partial charge in [0.2, 0.25) is 5.91 Å². The first-order valence-electron chi connectivity index (χ1n) is 8.75. The highest BCUT2D eigenvalue weighted by atomic mass is 32.2. The van der Waals surface area contributed by atoms with E-state index in [1.165, 1.54) is 35.3 Å². The van der Waals surface area contributed by atoms with E-state index in [1.807, 2.05) is 0 Å². The Bertz CT molecular complexity index is 560. The Labute approximate surface area is 143 Å². The highest BCUT2D eigenvalue weighted by Gasteiger charge is 2.40. The van der Waals surface area contributed by atoms with Crippen LogP contribution in [0.3, 0.4) is 0 Å². The molecule has 0 saturated heterocycles. The van der Waals surface area contributed by atoms with E-state index in [1.54, 1.807) is 11.8 Å². The fraction of sp³-hybridized carbons (Fsp3) is 0.632. The Morgan fingerprint density at radius 2 is 2.00 bits per heavy atom. The Kier molecular flexibility index (Phi) is 5.32. The SMILES string of the molecule is CSc1cc(C)ccc1CNC(=O)C1CC2CCCC(C1)C2N. The summed E-state index contributed by atoms with van der Waals surface area (Å²) in [4.78, 5) is 13.9. The van der Waals surface area contributed by atoms with Crippen molar-refractivity contribution in [3.63, 3.8) is 0 Å². The van der Waals surface area contributed by atoms with Crippen molar-refractivity contribution in [2.45, 2.75) is 56.5 Å². The van der Waals surface area contributed by atoms with Crippen molar-refractivity contribution in [3.05, 3.63) is 29.3 Å². The van der Waals surface area contributed by atoms with Gasteiger partial charge < -0.3 is 11.1 Å². The van der Waals surface area contributed by atoms with Gasteiger partial charge in [0.25, 0.3) is 0 Å². The molecule has 1 aromatic rings. The average molecular weight is 333 g/mol. The lowest BCUT2D eigenvalue weighted by molar-refractivity contribution is -0.128. The van der Waals surface area contributed by atoms with Gasteiger partial charge in [0, 0.05) is 23.4 Å². The Balaban J connectivity index is 1.60. The molecule has 2 fully saturated rings. The van der Waals surface area contributed by atoms with Crippen LogP contribution in [0.25, 0.3) is 0 Å². The zero-order chi connectivity index (χ0) is 16.4. The third-order valence-corrected chi connectivity index (χ3v) is 6.50. The summed E-state index contributed by atoms with van der Waals surface area (Å²) in [5.41, 5.74) is 8.80. The Morgan fingerprint density at radius 1 is 1.30 bits per heavy atom. The number of nitrogens with two attached hydrogens (primary N) is 1. The highest BCUT2D eigenvalue weighted by molar-refractivity contribution is 7.98. The van der Waals surface area contributed by atoms with Crippen LogP contribution in [0.15, 0.2) is 23.1 Å². The van der Waals surface area contributed by atoms with Crippen LogP contribution in [-0.2, 0) is 11.3 Å². The van der Waals surface area contributed by atoms with Gasteiger partial charge in [0.15, 0.2) is 0 Å². The van der Waals surface area contributed by atoms with Crippen LogP contribution in [0.4, 0.5) is 0 Å². The average Bonchev–Trinajstić information content (AvgIpc) is 2.53. The van der Waals surface area contributed by atoms with Crippen LogP contribution < -0.4 is 11.1 Å². The van der Waals surface area contributed by atoms with E-state index in [9.17, 15) is 4.79 Å². The predicted octanol–water partition coefficient (Wildman–Crippen LogP) is 3.49. The van der Waals surface area contributed by atoms with Gasteiger partial charge in [-0.05, 0) is 67.9 Å². The molecule has 0 aromatic heterocycles. The number of rotatable bonds is 4. The van der Waals surface area contributed by atoms with Crippen LogP contribution in [0, 0.1) is 24.7 Å². The lowest BCUT2D eigenvalue weighted by Gasteiger charge is -2.43. The molecule has 1 aromatic carbocycles. The van der Waals surface area contributed by atoms with Gasteiger partial charge in [-0.3, -0.25) is 4.79 Å². The van der Waals surface area contributed by atoms with E-state index >= 15 is 0 Å². The molecule has 0 spiro atoms. The standard InChI is InChI=1S/C19H28N2OS/c1-12-6-7-15(17(8-12)23-2)11-21-19(22)16-9-13-4-3-5-14(10-16)18(13)20/h6-8,13-14,16,18H,3-5,9-11,20H2,1-2H3,(H,21,22). The van der Waals surface area contributed by atoms with Crippen molar-refractivity contribution in [2.75, 3.05) is 6.26 Å². The molecule has 2 aliphatic carbocycles. The summed E-state index contributed by atoms with van der Waals surface area (Å²) in [5.74, 6) is 1.49. The molecular weight excluding hydrogens is 304 g/mol. The minimum absolute atomic E-state index is 0.160. The van der Waals surface area contributed by atoms with Crippen molar-refractivity contribution in [1.29, 1.82) is 0 Å². The lowest BCUT2D eigenvalue weighted by atomic mass is 9.65. The predicted molar refractivity (Wildman–Crippen MR) is 96.3 cm³/mol. The van der Waals surface area contributed by atoms with Crippen molar-refractivity contribution < 1.29 is 4.79 Å². The molecule has 2 bridgehead atoms. The number of benzene rings is 1. The third-order valence-electron chi connectivity index (χ3n) is 5.68. The van der Waals surface area contributed by atoms with Crippen molar-refractivity contribution in [1.82, 2.24) is 5.32 Å². The number of thioether (sulfide) groups is 1. The Morgan fingerprint density at radius 3 is 2.65 bits per heavy atom. The molecule has 1 amide bonds. The minimum Gasteiger partial charge on any atom is -0.352 e. The second-order valence-electron chi connectivity index (χ2n) is 7.23. The first kappa shape index (κ1) is 16.8. The molecule has 2 unspecified atom stereocenters. The third kappa shape index (κ3) is 3.74. The number of carbonyl (C=O) groups excluding carboxylic acids is 1. The molecule has 2 aliphatic rings. The fourth-order valence-corrected chi connectivity index (χ4v) is 5.03. The number of fused-ring (bicyclic) bond motifs is 2. The number of hydrogen-bond donors (Lipinski definition) is 2. The lowest BCUT2D eigenvalue weighted by Crippen LogP contribution is -2.49. The first-order valence-corrected chi connectivity index (χ1v) is 9.97. The minimum atomic E-state index is 0.160. The van der Waals surface area contributed by atoms with Crippen LogP contribution in [0.5, 0.6) is 0 Å². The summed E-state index contributed by atoms with van der Waals surface area (Å²) in [5, 5.41) is 3.17. The molecule has 0 radical (unpaired) electrons. The van der Waals surface area contributed by atoms with E-state index < -0.39 is 0 Å². The van der Waals surface area contributed by atoms with Gasteiger partial charge in [-0.2, -0.15) is 0 Å². The van der Waals surface area contributed by atoms with E-state index in [0.717, 1.165) is 12.8 Å². The number of carbonyl (C=O) groups is 1. The van der Waals surface area contributed by atoms with Crippen molar-refractivity contribution in [3.8, 4) is 0 Å². The number of hydrogen-bond acceptors (Lipinski definition) is 3. The van der Waals surface area contributed by atoms with Gasteiger partial charge in [-0.15, -0.1) is 11.8 Å². The highest BCUT2D eigenvalue weighted by Crippen LogP contribution is 2.41. The molecule has 23 heavy (non-hydrogen) atoms. The molecule has 3 nitrogen and oxygen atoms in total. The van der Waals surface area contributed by atoms with E-state index in [-0.39, 0.29) is 11.8 Å². The van der Waals surface area contributed by atoms with Gasteiger partial charge in [0.1, 0.15) is 0 Å². The summed E-state index contributed by atoms with van der Waals surface area (Å²) >= 11 is 1.74. The maximum Gasteiger partial charge on any atom is 0.223 e. The van der Waals surface area contributed by atoms with E-state index in [2.05, 4.69) is 36.7 Å². The maximum atomic E-state index is 12.6.